The standard InChI is InChI=1S/C23H18O5/c1-15-5-4-7-18(11-15)26-14-22(25)27-13-17-12-21(24)28-20-10-9-16-6-2-3-8-19(16)23(17)20/h2-12H,13-14H2,1H3. The van der Waals surface area contributed by atoms with E-state index in [9.17, 15) is 9.59 Å². The second kappa shape index (κ2) is 7.56. The molecule has 0 spiro atoms. The summed E-state index contributed by atoms with van der Waals surface area (Å²) >= 11 is 0. The summed E-state index contributed by atoms with van der Waals surface area (Å²) in [4.78, 5) is 24.0. The highest BCUT2D eigenvalue weighted by Crippen LogP contribution is 2.27. The Morgan fingerprint density at radius 1 is 1.00 bits per heavy atom. The fraction of sp³-hybridized carbons (Fsp3) is 0.130. The van der Waals surface area contributed by atoms with Gasteiger partial charge in [0.15, 0.2) is 6.61 Å². The number of aryl methyl sites for hydroxylation is 1. The summed E-state index contributed by atoms with van der Waals surface area (Å²) < 4.78 is 16.1. The number of hydrogen-bond donors (Lipinski definition) is 0. The van der Waals surface area contributed by atoms with Crippen LogP contribution in [0.4, 0.5) is 0 Å². The molecule has 1 aromatic heterocycles. The molecule has 0 amide bonds. The van der Waals surface area contributed by atoms with Crippen molar-refractivity contribution in [3.8, 4) is 5.75 Å². The molecule has 0 N–H and O–H groups in total. The number of rotatable bonds is 5. The van der Waals surface area contributed by atoms with Crippen LogP contribution in [0.3, 0.4) is 0 Å². The molecule has 0 bridgehead atoms. The van der Waals surface area contributed by atoms with Crippen LogP contribution in [0.25, 0.3) is 21.7 Å². The van der Waals surface area contributed by atoms with Gasteiger partial charge in [0.2, 0.25) is 0 Å². The molecule has 0 aliphatic carbocycles. The monoisotopic (exact) mass is 374 g/mol. The Morgan fingerprint density at radius 2 is 1.86 bits per heavy atom. The molecular weight excluding hydrogens is 356 g/mol. The first-order valence-corrected chi connectivity index (χ1v) is 8.90. The van der Waals surface area contributed by atoms with Crippen LogP contribution in [0, 0.1) is 6.92 Å². The Morgan fingerprint density at radius 3 is 2.71 bits per heavy atom. The van der Waals surface area contributed by atoms with Crippen molar-refractivity contribution in [1.82, 2.24) is 0 Å². The maximum atomic E-state index is 12.1. The zero-order valence-electron chi connectivity index (χ0n) is 15.3. The molecule has 5 nitrogen and oxygen atoms in total. The van der Waals surface area contributed by atoms with E-state index in [1.165, 1.54) is 6.07 Å². The molecule has 28 heavy (non-hydrogen) atoms. The van der Waals surface area contributed by atoms with E-state index in [1.54, 1.807) is 12.1 Å². The zero-order chi connectivity index (χ0) is 19.5. The minimum Gasteiger partial charge on any atom is -0.482 e. The SMILES string of the molecule is Cc1cccc(OCC(=O)OCc2cc(=O)oc3ccc4ccccc4c23)c1. The van der Waals surface area contributed by atoms with Crippen molar-refractivity contribution in [3.05, 3.63) is 88.3 Å². The average molecular weight is 374 g/mol. The highest BCUT2D eigenvalue weighted by atomic mass is 16.6. The van der Waals surface area contributed by atoms with Crippen LogP contribution >= 0.6 is 0 Å². The van der Waals surface area contributed by atoms with Crippen molar-refractivity contribution in [1.29, 1.82) is 0 Å². The van der Waals surface area contributed by atoms with Gasteiger partial charge in [0.05, 0.1) is 0 Å². The normalized spacial score (nSPS) is 10.9. The van der Waals surface area contributed by atoms with Crippen LogP contribution in [0.15, 0.2) is 75.9 Å². The molecule has 1 heterocycles. The lowest BCUT2D eigenvalue weighted by Gasteiger charge is -2.10. The second-order valence-electron chi connectivity index (χ2n) is 6.52. The Kier molecular flexibility index (Phi) is 4.81. The first kappa shape index (κ1) is 17.8. The first-order valence-electron chi connectivity index (χ1n) is 8.90. The molecule has 0 saturated heterocycles. The largest absolute Gasteiger partial charge is 0.482 e. The molecule has 0 aliphatic rings. The van der Waals surface area contributed by atoms with Gasteiger partial charge in [0.25, 0.3) is 0 Å². The summed E-state index contributed by atoms with van der Waals surface area (Å²) in [6.07, 6.45) is 0. The summed E-state index contributed by atoms with van der Waals surface area (Å²) in [5.41, 5.74) is 1.63. The fourth-order valence-electron chi connectivity index (χ4n) is 3.18. The lowest BCUT2D eigenvalue weighted by Crippen LogP contribution is -2.15. The van der Waals surface area contributed by atoms with Gasteiger partial charge in [-0.05, 0) is 41.5 Å². The van der Waals surface area contributed by atoms with Crippen molar-refractivity contribution in [3.63, 3.8) is 0 Å². The lowest BCUT2D eigenvalue weighted by atomic mass is 10.0. The third-order valence-corrected chi connectivity index (χ3v) is 4.45. The maximum Gasteiger partial charge on any atom is 0.344 e. The van der Waals surface area contributed by atoms with Crippen molar-refractivity contribution in [2.24, 2.45) is 0 Å². The topological polar surface area (TPSA) is 65.7 Å². The number of carbonyl (C=O) groups excluding carboxylic acids is 1. The minimum atomic E-state index is -0.511. The third kappa shape index (κ3) is 3.74. The van der Waals surface area contributed by atoms with Crippen molar-refractivity contribution in [2.75, 3.05) is 6.61 Å². The summed E-state index contributed by atoms with van der Waals surface area (Å²) in [5, 5.41) is 2.72. The fourth-order valence-corrected chi connectivity index (χ4v) is 3.18. The van der Waals surface area contributed by atoms with E-state index in [2.05, 4.69) is 0 Å². The van der Waals surface area contributed by atoms with Crippen LogP contribution < -0.4 is 10.4 Å². The van der Waals surface area contributed by atoms with Gasteiger partial charge >= 0.3 is 11.6 Å². The minimum absolute atomic E-state index is 0.0356. The predicted octanol–water partition coefficient (Wildman–Crippen LogP) is 4.38. The second-order valence-corrected chi connectivity index (χ2v) is 6.52. The third-order valence-electron chi connectivity index (χ3n) is 4.45. The first-order chi connectivity index (χ1) is 13.6. The van der Waals surface area contributed by atoms with Gasteiger partial charge in [0, 0.05) is 17.0 Å². The van der Waals surface area contributed by atoms with Crippen LogP contribution in [0.1, 0.15) is 11.1 Å². The van der Waals surface area contributed by atoms with Crippen molar-refractivity contribution >= 4 is 27.7 Å². The Balaban J connectivity index is 1.55. The number of carbonyl (C=O) groups is 1. The van der Waals surface area contributed by atoms with E-state index in [4.69, 9.17) is 13.9 Å². The molecular formula is C23H18O5. The van der Waals surface area contributed by atoms with Gasteiger partial charge < -0.3 is 13.9 Å². The van der Waals surface area contributed by atoms with Gasteiger partial charge in [-0.1, -0.05) is 42.5 Å². The summed E-state index contributed by atoms with van der Waals surface area (Å²) in [6, 6.07) is 20.2. The van der Waals surface area contributed by atoms with E-state index in [1.807, 2.05) is 55.5 Å². The van der Waals surface area contributed by atoms with E-state index < -0.39 is 11.6 Å². The highest BCUT2D eigenvalue weighted by Gasteiger charge is 2.12. The molecule has 0 radical (unpaired) electrons. The highest BCUT2D eigenvalue weighted by molar-refractivity contribution is 6.07. The number of hydrogen-bond acceptors (Lipinski definition) is 5. The van der Waals surface area contributed by atoms with Gasteiger partial charge in [-0.15, -0.1) is 0 Å². The quantitative estimate of drug-likeness (QED) is 0.295. The molecule has 0 saturated carbocycles. The molecule has 4 rings (SSSR count). The summed E-state index contributed by atoms with van der Waals surface area (Å²) in [7, 11) is 0. The Bertz CT molecular complexity index is 1220. The molecule has 0 atom stereocenters. The van der Waals surface area contributed by atoms with E-state index in [0.29, 0.717) is 16.9 Å². The number of esters is 1. The smallest absolute Gasteiger partial charge is 0.344 e. The Hall–Kier alpha value is -3.60. The molecule has 140 valence electrons. The molecule has 0 aliphatic heterocycles. The predicted molar refractivity (Wildman–Crippen MR) is 106 cm³/mol. The molecule has 5 heteroatoms. The molecule has 0 fully saturated rings. The maximum absolute atomic E-state index is 12.1. The van der Waals surface area contributed by atoms with Gasteiger partial charge in [-0.25, -0.2) is 9.59 Å². The van der Waals surface area contributed by atoms with Gasteiger partial charge in [0.1, 0.15) is 17.9 Å². The van der Waals surface area contributed by atoms with Crippen molar-refractivity contribution in [2.45, 2.75) is 13.5 Å². The number of fused-ring (bicyclic) bond motifs is 3. The number of ether oxygens (including phenoxy) is 2. The van der Waals surface area contributed by atoms with E-state index in [-0.39, 0.29) is 13.2 Å². The summed E-state index contributed by atoms with van der Waals surface area (Å²) in [5.74, 6) is 0.0943. The lowest BCUT2D eigenvalue weighted by molar-refractivity contribution is -0.147. The van der Waals surface area contributed by atoms with E-state index in [0.717, 1.165) is 21.7 Å². The number of benzene rings is 3. The van der Waals surface area contributed by atoms with Gasteiger partial charge in [-0.2, -0.15) is 0 Å². The van der Waals surface area contributed by atoms with Gasteiger partial charge in [-0.3, -0.25) is 0 Å². The molecule has 3 aromatic carbocycles. The van der Waals surface area contributed by atoms with E-state index >= 15 is 0 Å². The van der Waals surface area contributed by atoms with Crippen LogP contribution in [0.5, 0.6) is 5.75 Å². The Labute approximate surface area is 161 Å². The average Bonchev–Trinajstić information content (AvgIpc) is 2.70. The van der Waals surface area contributed by atoms with Crippen molar-refractivity contribution < 1.29 is 18.7 Å². The van der Waals surface area contributed by atoms with Crippen LogP contribution in [0.2, 0.25) is 0 Å². The molecule has 0 unspecified atom stereocenters. The van der Waals surface area contributed by atoms with Crippen LogP contribution in [-0.2, 0) is 16.1 Å². The molecule has 4 aromatic rings. The zero-order valence-corrected chi connectivity index (χ0v) is 15.3. The summed E-state index contributed by atoms with van der Waals surface area (Å²) in [6.45, 7) is 1.71. The van der Waals surface area contributed by atoms with Crippen LogP contribution in [-0.4, -0.2) is 12.6 Å².